The van der Waals surface area contributed by atoms with Crippen LogP contribution in [0.1, 0.15) is 18.9 Å². The van der Waals surface area contributed by atoms with Crippen molar-refractivity contribution >= 4 is 42.7 Å². The first kappa shape index (κ1) is 21.6. The Bertz CT molecular complexity index is 1140. The third-order valence-corrected chi connectivity index (χ3v) is 12.2. The number of benzene rings is 4. The minimum atomic E-state index is -3.03. The Labute approximate surface area is 191 Å². The van der Waals surface area contributed by atoms with E-state index in [0.717, 1.165) is 26.8 Å². The van der Waals surface area contributed by atoms with E-state index in [0.29, 0.717) is 0 Å². The van der Waals surface area contributed by atoms with E-state index in [1.165, 1.54) is 10.0 Å². The van der Waals surface area contributed by atoms with Gasteiger partial charge in [0.05, 0.1) is 0 Å². The van der Waals surface area contributed by atoms with Crippen LogP contribution < -0.4 is 15.1 Å². The van der Waals surface area contributed by atoms with E-state index in [1.54, 1.807) is 0 Å². The van der Waals surface area contributed by atoms with Gasteiger partial charge < -0.3 is 0 Å². The van der Waals surface area contributed by atoms with Crippen LogP contribution in [0.3, 0.4) is 0 Å². The molecular formula is C28H25OPSe. The Morgan fingerprint density at radius 1 is 0.645 bits per heavy atom. The molecule has 0 aliphatic rings. The van der Waals surface area contributed by atoms with Gasteiger partial charge in [0.2, 0.25) is 0 Å². The molecule has 4 aromatic carbocycles. The topological polar surface area (TPSA) is 17.1 Å². The maximum atomic E-state index is 15.3. The SMILES string of the molecule is CC/C(=C(\[Se]c1ccccc1)P(=O)(c1ccccc1)c1ccccc1)c1ccccc1. The zero-order chi connectivity index (χ0) is 21.5. The van der Waals surface area contributed by atoms with Gasteiger partial charge in [-0.2, -0.15) is 0 Å². The molecule has 0 saturated carbocycles. The molecule has 1 nitrogen and oxygen atoms in total. The zero-order valence-electron chi connectivity index (χ0n) is 17.5. The molecule has 31 heavy (non-hydrogen) atoms. The van der Waals surface area contributed by atoms with Crippen molar-refractivity contribution in [2.75, 3.05) is 0 Å². The summed E-state index contributed by atoms with van der Waals surface area (Å²) in [6.45, 7) is 2.17. The van der Waals surface area contributed by atoms with Crippen LogP contribution in [0.25, 0.3) is 5.57 Å². The van der Waals surface area contributed by atoms with Crippen LogP contribution in [-0.2, 0) is 4.57 Å². The van der Waals surface area contributed by atoms with Crippen LogP contribution in [0, 0.1) is 0 Å². The van der Waals surface area contributed by atoms with Crippen LogP contribution in [0.15, 0.2) is 126 Å². The van der Waals surface area contributed by atoms with Gasteiger partial charge in [0, 0.05) is 0 Å². The number of hydrogen-bond acceptors (Lipinski definition) is 1. The van der Waals surface area contributed by atoms with Gasteiger partial charge in [-0.3, -0.25) is 0 Å². The maximum absolute atomic E-state index is 15.3. The Balaban J connectivity index is 2.04. The first-order valence-electron chi connectivity index (χ1n) is 10.5. The molecule has 4 aromatic rings. The zero-order valence-corrected chi connectivity index (χ0v) is 20.1. The molecule has 0 aromatic heterocycles. The summed E-state index contributed by atoms with van der Waals surface area (Å²) in [4.78, 5) is 0. The molecule has 154 valence electrons. The van der Waals surface area contributed by atoms with Gasteiger partial charge in [0.25, 0.3) is 0 Å². The van der Waals surface area contributed by atoms with Crippen molar-refractivity contribution in [2.45, 2.75) is 13.3 Å². The standard InChI is InChI=1S/C28H25OPSe/c1-2-27(23-15-7-3-8-16-23)28(31-26-21-13-6-14-22-26)30(29,24-17-9-4-10-18-24)25-19-11-5-12-20-25/h3-22H,2H2,1H3/b28-27+. The van der Waals surface area contributed by atoms with Gasteiger partial charge in [-0.1, -0.05) is 0 Å². The van der Waals surface area contributed by atoms with Crippen LogP contribution in [0.5, 0.6) is 0 Å². The monoisotopic (exact) mass is 488 g/mol. The summed E-state index contributed by atoms with van der Waals surface area (Å²) in [5.41, 5.74) is 2.35. The fourth-order valence-electron chi connectivity index (χ4n) is 3.69. The molecule has 0 aliphatic carbocycles. The fourth-order valence-corrected chi connectivity index (χ4v) is 11.0. The Kier molecular flexibility index (Phi) is 7.05. The Hall–Kier alpha value is -2.63. The van der Waals surface area contributed by atoms with Crippen molar-refractivity contribution in [3.8, 4) is 0 Å². The average Bonchev–Trinajstić information content (AvgIpc) is 2.86. The predicted molar refractivity (Wildman–Crippen MR) is 135 cm³/mol. The van der Waals surface area contributed by atoms with Crippen molar-refractivity contribution < 1.29 is 4.57 Å². The second kappa shape index (κ2) is 10.1. The van der Waals surface area contributed by atoms with Gasteiger partial charge >= 0.3 is 192 Å². The molecular weight excluding hydrogens is 462 g/mol. The van der Waals surface area contributed by atoms with Crippen molar-refractivity contribution in [3.63, 3.8) is 0 Å². The molecule has 0 saturated heterocycles. The molecule has 3 heteroatoms. The number of rotatable bonds is 7. The summed E-state index contributed by atoms with van der Waals surface area (Å²) in [5.74, 6) is 0. The summed E-state index contributed by atoms with van der Waals surface area (Å²) in [7, 11) is -3.03. The van der Waals surface area contributed by atoms with Gasteiger partial charge in [0.15, 0.2) is 0 Å². The van der Waals surface area contributed by atoms with E-state index in [9.17, 15) is 0 Å². The molecule has 0 atom stereocenters. The number of allylic oxidation sites excluding steroid dienone is 1. The summed E-state index contributed by atoms with van der Waals surface area (Å²) >= 11 is -0.0797. The molecule has 0 bridgehead atoms. The van der Waals surface area contributed by atoms with E-state index in [4.69, 9.17) is 0 Å². The molecule has 0 radical (unpaired) electrons. The fraction of sp³-hybridized carbons (Fsp3) is 0.0714. The summed E-state index contributed by atoms with van der Waals surface area (Å²) in [5, 5.41) is 1.80. The van der Waals surface area contributed by atoms with Gasteiger partial charge in [0.1, 0.15) is 0 Å². The van der Waals surface area contributed by atoms with Gasteiger partial charge in [-0.25, -0.2) is 0 Å². The van der Waals surface area contributed by atoms with Crippen molar-refractivity contribution in [1.29, 1.82) is 0 Å². The molecule has 0 heterocycles. The molecule has 0 unspecified atom stereocenters. The first-order valence-corrected chi connectivity index (χ1v) is 13.9. The summed E-state index contributed by atoms with van der Waals surface area (Å²) < 4.78 is 17.6. The molecule has 0 N–H and O–H groups in total. The quantitative estimate of drug-likeness (QED) is 0.238. The van der Waals surface area contributed by atoms with E-state index in [1.807, 2.05) is 72.8 Å². The van der Waals surface area contributed by atoms with E-state index < -0.39 is 7.14 Å². The average molecular weight is 487 g/mol. The first-order chi connectivity index (χ1) is 15.2. The van der Waals surface area contributed by atoms with E-state index in [-0.39, 0.29) is 15.0 Å². The molecule has 0 aliphatic heterocycles. The molecule has 0 fully saturated rings. The second-order valence-corrected chi connectivity index (χ2v) is 12.9. The third-order valence-electron chi connectivity index (χ3n) is 5.22. The van der Waals surface area contributed by atoms with Gasteiger partial charge in [-0.15, -0.1) is 0 Å². The van der Waals surface area contributed by atoms with Crippen molar-refractivity contribution in [2.24, 2.45) is 0 Å². The predicted octanol–water partition coefficient (Wildman–Crippen LogP) is 5.81. The van der Waals surface area contributed by atoms with E-state index in [2.05, 4.69) is 55.5 Å². The third kappa shape index (κ3) is 4.68. The minimum absolute atomic E-state index is 0.0797. The molecule has 4 rings (SSSR count). The van der Waals surface area contributed by atoms with E-state index >= 15 is 4.57 Å². The summed E-state index contributed by atoms with van der Waals surface area (Å²) in [6, 6.07) is 40.9. The normalized spacial score (nSPS) is 12.3. The molecule has 0 spiro atoms. The molecule has 0 amide bonds. The number of hydrogen-bond donors (Lipinski definition) is 0. The van der Waals surface area contributed by atoms with Crippen molar-refractivity contribution in [1.82, 2.24) is 0 Å². The van der Waals surface area contributed by atoms with Gasteiger partial charge in [-0.05, 0) is 0 Å². The summed E-state index contributed by atoms with van der Waals surface area (Å²) in [6.07, 6.45) is 0.831. The Morgan fingerprint density at radius 2 is 1.06 bits per heavy atom. The Morgan fingerprint density at radius 3 is 1.52 bits per heavy atom. The van der Waals surface area contributed by atoms with Crippen LogP contribution in [0.4, 0.5) is 0 Å². The van der Waals surface area contributed by atoms with Crippen molar-refractivity contribution in [3.05, 3.63) is 131 Å². The van der Waals surface area contributed by atoms with Crippen LogP contribution >= 0.6 is 7.14 Å². The van der Waals surface area contributed by atoms with Crippen LogP contribution in [-0.4, -0.2) is 15.0 Å². The van der Waals surface area contributed by atoms with Crippen LogP contribution in [0.2, 0.25) is 0 Å². The second-order valence-electron chi connectivity index (χ2n) is 7.20.